The highest BCUT2D eigenvalue weighted by Crippen LogP contribution is 2.32. The lowest BCUT2D eigenvalue weighted by Crippen LogP contribution is -2.47. The number of benzene rings is 2. The van der Waals surface area contributed by atoms with Crippen LogP contribution in [0, 0.1) is 11.3 Å². The molecule has 1 fully saturated rings. The van der Waals surface area contributed by atoms with Gasteiger partial charge in [-0.15, -0.1) is 0 Å². The van der Waals surface area contributed by atoms with Gasteiger partial charge < -0.3 is 26.5 Å². The van der Waals surface area contributed by atoms with Crippen molar-refractivity contribution < 1.29 is 5.11 Å². The van der Waals surface area contributed by atoms with Crippen molar-refractivity contribution in [2.75, 3.05) is 37.3 Å². The number of hydrogen-bond acceptors (Lipinski definition) is 5. The number of phenols is 1. The molecule has 0 atom stereocenters. The van der Waals surface area contributed by atoms with Crippen molar-refractivity contribution >= 4 is 17.6 Å². The molecule has 0 bridgehead atoms. The maximum atomic E-state index is 9.45. The summed E-state index contributed by atoms with van der Waals surface area (Å²) in [5.41, 5.74) is 10.5. The standard InChI is InChI=1S/C18H22N4O/c1-22(11-12-9-21-10-12)18-7-14(6-17(20)16(18)8-19)13-2-4-15(23)5-3-13/h2-8,12,19,21,23H,9-11,20H2,1H3. The van der Waals surface area contributed by atoms with E-state index in [1.165, 1.54) is 6.21 Å². The van der Waals surface area contributed by atoms with E-state index in [1.807, 2.05) is 25.2 Å². The van der Waals surface area contributed by atoms with Crippen LogP contribution in [0.15, 0.2) is 36.4 Å². The van der Waals surface area contributed by atoms with Gasteiger partial charge >= 0.3 is 0 Å². The zero-order valence-corrected chi connectivity index (χ0v) is 13.2. The molecule has 1 saturated heterocycles. The van der Waals surface area contributed by atoms with Crippen molar-refractivity contribution in [1.82, 2.24) is 5.32 Å². The zero-order valence-electron chi connectivity index (χ0n) is 13.2. The molecule has 2 aromatic carbocycles. The fraction of sp³-hybridized carbons (Fsp3) is 0.278. The third-order valence-electron chi connectivity index (χ3n) is 4.34. The fourth-order valence-electron chi connectivity index (χ4n) is 2.92. The van der Waals surface area contributed by atoms with E-state index >= 15 is 0 Å². The number of nitrogens with zero attached hydrogens (tertiary/aromatic N) is 1. The molecule has 0 amide bonds. The Morgan fingerprint density at radius 1 is 1.26 bits per heavy atom. The minimum absolute atomic E-state index is 0.243. The Hall–Kier alpha value is -2.53. The molecular formula is C18H22N4O. The predicted molar refractivity (Wildman–Crippen MR) is 95.5 cm³/mol. The van der Waals surface area contributed by atoms with Gasteiger partial charge in [0, 0.05) is 55.8 Å². The van der Waals surface area contributed by atoms with Crippen LogP contribution in [0.25, 0.3) is 11.1 Å². The first-order valence-corrected chi connectivity index (χ1v) is 7.73. The molecule has 3 rings (SSSR count). The zero-order chi connectivity index (χ0) is 16.4. The molecule has 0 saturated carbocycles. The molecule has 5 N–H and O–H groups in total. The van der Waals surface area contributed by atoms with Crippen LogP contribution in [0.1, 0.15) is 5.56 Å². The second-order valence-electron chi connectivity index (χ2n) is 6.09. The van der Waals surface area contributed by atoms with Crippen molar-refractivity contribution in [1.29, 1.82) is 5.41 Å². The van der Waals surface area contributed by atoms with Crippen LogP contribution >= 0.6 is 0 Å². The number of rotatable bonds is 5. The average Bonchev–Trinajstić information content (AvgIpc) is 2.50. The van der Waals surface area contributed by atoms with Crippen LogP contribution in [-0.2, 0) is 0 Å². The number of hydrogen-bond donors (Lipinski definition) is 4. The van der Waals surface area contributed by atoms with E-state index in [9.17, 15) is 5.11 Å². The summed E-state index contributed by atoms with van der Waals surface area (Å²) in [7, 11) is 2.04. The molecule has 5 nitrogen and oxygen atoms in total. The van der Waals surface area contributed by atoms with E-state index in [1.54, 1.807) is 12.1 Å². The minimum Gasteiger partial charge on any atom is -0.508 e. The molecule has 1 aliphatic rings. The third kappa shape index (κ3) is 3.14. The van der Waals surface area contributed by atoms with E-state index in [-0.39, 0.29) is 5.75 Å². The molecule has 2 aromatic rings. The first-order chi connectivity index (χ1) is 11.1. The molecule has 0 unspecified atom stereocenters. The highest BCUT2D eigenvalue weighted by molar-refractivity contribution is 5.95. The lowest BCUT2D eigenvalue weighted by molar-refractivity contribution is 0.353. The van der Waals surface area contributed by atoms with E-state index in [0.717, 1.165) is 42.0 Å². The van der Waals surface area contributed by atoms with Gasteiger partial charge in [-0.1, -0.05) is 12.1 Å². The van der Waals surface area contributed by atoms with Gasteiger partial charge in [0.25, 0.3) is 0 Å². The van der Waals surface area contributed by atoms with E-state index in [2.05, 4.69) is 16.3 Å². The summed E-state index contributed by atoms with van der Waals surface area (Å²) in [6.07, 6.45) is 1.32. The largest absolute Gasteiger partial charge is 0.508 e. The SMILES string of the molecule is CN(CC1CNC1)c1cc(-c2ccc(O)cc2)cc(N)c1C=N. The second kappa shape index (κ2) is 6.30. The smallest absolute Gasteiger partial charge is 0.115 e. The van der Waals surface area contributed by atoms with Crippen LogP contribution in [0.2, 0.25) is 0 Å². The second-order valence-corrected chi connectivity index (χ2v) is 6.09. The van der Waals surface area contributed by atoms with Gasteiger partial charge in [0.1, 0.15) is 5.75 Å². The maximum Gasteiger partial charge on any atom is 0.115 e. The lowest BCUT2D eigenvalue weighted by atomic mass is 9.98. The summed E-state index contributed by atoms with van der Waals surface area (Å²) >= 11 is 0. The van der Waals surface area contributed by atoms with E-state index in [4.69, 9.17) is 11.1 Å². The number of aromatic hydroxyl groups is 1. The molecule has 0 radical (unpaired) electrons. The first-order valence-electron chi connectivity index (χ1n) is 7.73. The predicted octanol–water partition coefficient (Wildman–Crippen LogP) is 2.29. The Morgan fingerprint density at radius 2 is 1.96 bits per heavy atom. The summed E-state index contributed by atoms with van der Waals surface area (Å²) < 4.78 is 0. The molecule has 0 aromatic heterocycles. The molecule has 23 heavy (non-hydrogen) atoms. The Bertz CT molecular complexity index is 708. The monoisotopic (exact) mass is 310 g/mol. The van der Waals surface area contributed by atoms with Crippen LogP contribution in [0.5, 0.6) is 5.75 Å². The molecule has 120 valence electrons. The fourth-order valence-corrected chi connectivity index (χ4v) is 2.92. The minimum atomic E-state index is 0.243. The van der Waals surface area contributed by atoms with Gasteiger partial charge in [0.15, 0.2) is 0 Å². The van der Waals surface area contributed by atoms with Crippen LogP contribution in [0.3, 0.4) is 0 Å². The summed E-state index contributed by atoms with van der Waals surface area (Å²) in [6, 6.07) is 11.0. The topological polar surface area (TPSA) is 85.4 Å². The normalized spacial score (nSPS) is 14.3. The van der Waals surface area contributed by atoms with Gasteiger partial charge in [0.05, 0.1) is 0 Å². The first kappa shape index (κ1) is 15.4. The summed E-state index contributed by atoms with van der Waals surface area (Å²) in [6.45, 7) is 3.01. The van der Waals surface area contributed by atoms with Gasteiger partial charge in [-0.25, -0.2) is 0 Å². The summed E-state index contributed by atoms with van der Waals surface area (Å²) in [5.74, 6) is 0.879. The Labute approximate surface area is 136 Å². The van der Waals surface area contributed by atoms with Crippen molar-refractivity contribution in [3.63, 3.8) is 0 Å². The van der Waals surface area contributed by atoms with Gasteiger partial charge in [-0.05, 0) is 35.4 Å². The number of nitrogens with two attached hydrogens (primary N) is 1. The van der Waals surface area contributed by atoms with Gasteiger partial charge in [-0.3, -0.25) is 0 Å². The Balaban J connectivity index is 1.98. The van der Waals surface area contributed by atoms with Crippen molar-refractivity contribution in [3.05, 3.63) is 42.0 Å². The third-order valence-corrected chi connectivity index (χ3v) is 4.34. The highest BCUT2D eigenvalue weighted by atomic mass is 16.3. The number of nitrogens with one attached hydrogen (secondary N) is 2. The van der Waals surface area contributed by atoms with Gasteiger partial charge in [-0.2, -0.15) is 0 Å². The lowest BCUT2D eigenvalue weighted by Gasteiger charge is -2.33. The van der Waals surface area contributed by atoms with Crippen molar-refractivity contribution in [2.24, 2.45) is 5.92 Å². The molecule has 0 aliphatic carbocycles. The molecule has 0 spiro atoms. The maximum absolute atomic E-state index is 9.45. The summed E-state index contributed by atoms with van der Waals surface area (Å²) in [5, 5.41) is 20.4. The Morgan fingerprint density at radius 3 is 2.52 bits per heavy atom. The molecule has 1 aliphatic heterocycles. The quantitative estimate of drug-likeness (QED) is 0.504. The van der Waals surface area contributed by atoms with Crippen LogP contribution in [-0.4, -0.2) is 38.0 Å². The number of nitrogen functional groups attached to an aromatic ring is 1. The molecular weight excluding hydrogens is 288 g/mol. The highest BCUT2D eigenvalue weighted by Gasteiger charge is 2.20. The van der Waals surface area contributed by atoms with Crippen LogP contribution < -0.4 is 16.0 Å². The average molecular weight is 310 g/mol. The molecule has 1 heterocycles. The van der Waals surface area contributed by atoms with Gasteiger partial charge in [0.2, 0.25) is 0 Å². The number of phenolic OH excluding ortho intramolecular Hbond substituents is 1. The number of anilines is 2. The van der Waals surface area contributed by atoms with E-state index in [0.29, 0.717) is 11.6 Å². The van der Waals surface area contributed by atoms with Crippen LogP contribution in [0.4, 0.5) is 11.4 Å². The summed E-state index contributed by atoms with van der Waals surface area (Å²) in [4.78, 5) is 2.17. The van der Waals surface area contributed by atoms with Crippen molar-refractivity contribution in [3.8, 4) is 16.9 Å². The van der Waals surface area contributed by atoms with E-state index < -0.39 is 0 Å². The molecule has 5 heteroatoms. The van der Waals surface area contributed by atoms with Crippen molar-refractivity contribution in [2.45, 2.75) is 0 Å². The Kier molecular flexibility index (Phi) is 4.21.